The van der Waals surface area contributed by atoms with E-state index in [9.17, 15) is 0 Å². The number of nitrogens with two attached hydrogens (primary N) is 1. The van der Waals surface area contributed by atoms with E-state index in [1.807, 2.05) is 31.2 Å². The third-order valence-electron chi connectivity index (χ3n) is 4.69. The quantitative estimate of drug-likeness (QED) is 0.913. The Morgan fingerprint density at radius 2 is 2.05 bits per heavy atom. The SMILES string of the molecule is CC(N)c1ccccc1OCC1CCC2(CCCC2)O1. The van der Waals surface area contributed by atoms with Crippen LogP contribution < -0.4 is 10.5 Å². The number of hydrogen-bond acceptors (Lipinski definition) is 3. The van der Waals surface area contributed by atoms with E-state index in [1.165, 1.54) is 32.1 Å². The van der Waals surface area contributed by atoms with Crippen LogP contribution in [0.25, 0.3) is 0 Å². The second kappa shape index (κ2) is 5.74. The molecule has 1 aromatic carbocycles. The number of para-hydroxylation sites is 1. The predicted molar refractivity (Wildman–Crippen MR) is 79.8 cm³/mol. The molecule has 20 heavy (non-hydrogen) atoms. The van der Waals surface area contributed by atoms with Gasteiger partial charge in [-0.05, 0) is 38.7 Å². The second-order valence-corrected chi connectivity index (χ2v) is 6.31. The molecule has 1 saturated heterocycles. The van der Waals surface area contributed by atoms with Gasteiger partial charge >= 0.3 is 0 Å². The highest BCUT2D eigenvalue weighted by atomic mass is 16.6. The van der Waals surface area contributed by atoms with Gasteiger partial charge in [-0.1, -0.05) is 31.0 Å². The first-order valence-electron chi connectivity index (χ1n) is 7.84. The van der Waals surface area contributed by atoms with Crippen LogP contribution in [-0.2, 0) is 4.74 Å². The summed E-state index contributed by atoms with van der Waals surface area (Å²) >= 11 is 0. The summed E-state index contributed by atoms with van der Waals surface area (Å²) in [7, 11) is 0. The minimum Gasteiger partial charge on any atom is -0.491 e. The van der Waals surface area contributed by atoms with Crippen molar-refractivity contribution in [3.63, 3.8) is 0 Å². The average molecular weight is 275 g/mol. The lowest BCUT2D eigenvalue weighted by molar-refractivity contribution is -0.0509. The highest BCUT2D eigenvalue weighted by Gasteiger charge is 2.42. The Hall–Kier alpha value is -1.06. The summed E-state index contributed by atoms with van der Waals surface area (Å²) in [5.74, 6) is 0.901. The topological polar surface area (TPSA) is 44.5 Å². The van der Waals surface area contributed by atoms with Crippen molar-refractivity contribution in [2.24, 2.45) is 5.73 Å². The third kappa shape index (κ3) is 2.84. The van der Waals surface area contributed by atoms with Crippen molar-refractivity contribution in [3.05, 3.63) is 29.8 Å². The van der Waals surface area contributed by atoms with Gasteiger partial charge in [-0.25, -0.2) is 0 Å². The standard InChI is InChI=1S/C17H25NO2/c1-13(18)15-6-2-3-7-16(15)19-12-14-8-11-17(20-14)9-4-5-10-17/h2-3,6-7,13-14H,4-5,8-12,18H2,1H3. The summed E-state index contributed by atoms with van der Waals surface area (Å²) in [6.07, 6.45) is 7.69. The van der Waals surface area contributed by atoms with Crippen LogP contribution in [-0.4, -0.2) is 18.3 Å². The lowest BCUT2D eigenvalue weighted by Gasteiger charge is -2.24. The summed E-state index contributed by atoms with van der Waals surface area (Å²) in [4.78, 5) is 0. The molecule has 3 rings (SSSR count). The molecule has 2 N–H and O–H groups in total. The first-order valence-corrected chi connectivity index (χ1v) is 7.84. The van der Waals surface area contributed by atoms with E-state index in [0.29, 0.717) is 6.61 Å². The molecule has 0 radical (unpaired) electrons. The van der Waals surface area contributed by atoms with Crippen molar-refractivity contribution in [2.75, 3.05) is 6.61 Å². The van der Waals surface area contributed by atoms with Gasteiger partial charge in [0.1, 0.15) is 12.4 Å². The van der Waals surface area contributed by atoms with Crippen LogP contribution in [0.5, 0.6) is 5.75 Å². The van der Waals surface area contributed by atoms with Crippen molar-refractivity contribution in [1.82, 2.24) is 0 Å². The second-order valence-electron chi connectivity index (χ2n) is 6.31. The van der Waals surface area contributed by atoms with Crippen molar-refractivity contribution in [3.8, 4) is 5.75 Å². The number of rotatable bonds is 4. The van der Waals surface area contributed by atoms with Crippen molar-refractivity contribution in [1.29, 1.82) is 0 Å². The van der Waals surface area contributed by atoms with Gasteiger partial charge < -0.3 is 15.2 Å². The minimum absolute atomic E-state index is 0.00290. The summed E-state index contributed by atoms with van der Waals surface area (Å²) in [5, 5.41) is 0. The minimum atomic E-state index is -0.00290. The van der Waals surface area contributed by atoms with Crippen LogP contribution in [0.15, 0.2) is 24.3 Å². The molecule has 1 saturated carbocycles. The van der Waals surface area contributed by atoms with E-state index < -0.39 is 0 Å². The zero-order chi connectivity index (χ0) is 14.0. The van der Waals surface area contributed by atoms with Gasteiger partial charge in [0.05, 0.1) is 11.7 Å². The Bertz CT molecular complexity index is 452. The Morgan fingerprint density at radius 1 is 1.30 bits per heavy atom. The molecule has 0 aromatic heterocycles. The third-order valence-corrected chi connectivity index (χ3v) is 4.69. The molecule has 1 aliphatic heterocycles. The smallest absolute Gasteiger partial charge is 0.124 e. The van der Waals surface area contributed by atoms with Gasteiger partial charge in [-0.15, -0.1) is 0 Å². The lowest BCUT2D eigenvalue weighted by Crippen LogP contribution is -2.27. The molecular formula is C17H25NO2. The molecule has 2 fully saturated rings. The van der Waals surface area contributed by atoms with E-state index >= 15 is 0 Å². The Labute approximate surface area is 121 Å². The summed E-state index contributed by atoms with van der Waals surface area (Å²) in [6, 6.07) is 8.03. The van der Waals surface area contributed by atoms with Crippen LogP contribution in [0.1, 0.15) is 57.1 Å². The van der Waals surface area contributed by atoms with E-state index in [0.717, 1.165) is 17.7 Å². The van der Waals surface area contributed by atoms with Crippen molar-refractivity contribution >= 4 is 0 Å². The molecular weight excluding hydrogens is 250 g/mol. The Kier molecular flexibility index (Phi) is 3.99. The maximum Gasteiger partial charge on any atom is 0.124 e. The first kappa shape index (κ1) is 13.9. The fraction of sp³-hybridized carbons (Fsp3) is 0.647. The fourth-order valence-electron chi connectivity index (χ4n) is 3.57. The highest BCUT2D eigenvalue weighted by molar-refractivity contribution is 5.35. The monoisotopic (exact) mass is 275 g/mol. The van der Waals surface area contributed by atoms with Crippen LogP contribution in [0.4, 0.5) is 0 Å². The maximum absolute atomic E-state index is 6.28. The lowest BCUT2D eigenvalue weighted by atomic mass is 9.98. The molecule has 0 bridgehead atoms. The van der Waals surface area contributed by atoms with E-state index in [4.69, 9.17) is 15.2 Å². The highest BCUT2D eigenvalue weighted by Crippen LogP contribution is 2.43. The first-order chi connectivity index (χ1) is 9.69. The molecule has 1 heterocycles. The molecule has 2 atom stereocenters. The average Bonchev–Trinajstić information content (AvgIpc) is 3.07. The fourth-order valence-corrected chi connectivity index (χ4v) is 3.57. The largest absolute Gasteiger partial charge is 0.491 e. The molecule has 1 aromatic rings. The normalized spacial score (nSPS) is 26.0. The van der Waals surface area contributed by atoms with Crippen LogP contribution in [0, 0.1) is 0 Å². The number of benzene rings is 1. The molecule has 1 aliphatic carbocycles. The Balaban J connectivity index is 1.58. The molecule has 2 unspecified atom stereocenters. The summed E-state index contributed by atoms with van der Waals surface area (Å²) in [5.41, 5.74) is 7.24. The van der Waals surface area contributed by atoms with Crippen LogP contribution >= 0.6 is 0 Å². The van der Waals surface area contributed by atoms with Gasteiger partial charge in [-0.2, -0.15) is 0 Å². The molecule has 0 amide bonds. The van der Waals surface area contributed by atoms with E-state index in [-0.39, 0.29) is 17.7 Å². The number of hydrogen-bond donors (Lipinski definition) is 1. The van der Waals surface area contributed by atoms with Gasteiger partial charge in [-0.3, -0.25) is 0 Å². The zero-order valence-electron chi connectivity index (χ0n) is 12.3. The molecule has 3 nitrogen and oxygen atoms in total. The van der Waals surface area contributed by atoms with Crippen molar-refractivity contribution in [2.45, 2.75) is 63.2 Å². The van der Waals surface area contributed by atoms with Gasteiger partial charge in [0.2, 0.25) is 0 Å². The zero-order valence-corrected chi connectivity index (χ0v) is 12.3. The van der Waals surface area contributed by atoms with Crippen LogP contribution in [0.3, 0.4) is 0 Å². The predicted octanol–water partition coefficient (Wildman–Crippen LogP) is 3.58. The molecule has 2 aliphatic rings. The summed E-state index contributed by atoms with van der Waals surface area (Å²) < 4.78 is 12.3. The molecule has 1 spiro atoms. The van der Waals surface area contributed by atoms with Crippen LogP contribution in [0.2, 0.25) is 0 Å². The van der Waals surface area contributed by atoms with E-state index in [2.05, 4.69) is 0 Å². The number of ether oxygens (including phenoxy) is 2. The maximum atomic E-state index is 6.28. The van der Waals surface area contributed by atoms with Gasteiger partial charge in [0.15, 0.2) is 0 Å². The Morgan fingerprint density at radius 3 is 2.80 bits per heavy atom. The van der Waals surface area contributed by atoms with Gasteiger partial charge in [0, 0.05) is 11.6 Å². The molecule has 110 valence electrons. The molecule has 3 heteroatoms. The van der Waals surface area contributed by atoms with Crippen molar-refractivity contribution < 1.29 is 9.47 Å². The summed E-state index contributed by atoms with van der Waals surface area (Å²) in [6.45, 7) is 2.63. The van der Waals surface area contributed by atoms with E-state index in [1.54, 1.807) is 0 Å². The van der Waals surface area contributed by atoms with Gasteiger partial charge in [0.25, 0.3) is 0 Å².